The molecule has 2 aliphatic heterocycles. The third-order valence-corrected chi connectivity index (χ3v) is 3.88. The number of hydrogen-bond donors (Lipinski definition) is 3. The van der Waals surface area contributed by atoms with Crippen LogP contribution in [-0.4, -0.2) is 55.7 Å². The van der Waals surface area contributed by atoms with Crippen molar-refractivity contribution in [3.05, 3.63) is 12.0 Å². The molecule has 2 aromatic rings. The molecule has 22 heavy (non-hydrogen) atoms. The second-order valence-corrected chi connectivity index (χ2v) is 5.93. The molecular formula is C13H17N5O4. The lowest BCUT2D eigenvalue weighted by atomic mass is 10.1. The van der Waals surface area contributed by atoms with Crippen LogP contribution in [0.1, 0.15) is 25.8 Å². The quantitative estimate of drug-likeness (QED) is 0.701. The molecule has 4 heterocycles. The van der Waals surface area contributed by atoms with Crippen LogP contribution >= 0.6 is 0 Å². The van der Waals surface area contributed by atoms with Crippen molar-refractivity contribution in [2.75, 3.05) is 12.3 Å². The highest BCUT2D eigenvalue weighted by Gasteiger charge is 2.56. The van der Waals surface area contributed by atoms with E-state index in [1.807, 2.05) is 13.8 Å². The van der Waals surface area contributed by atoms with Crippen LogP contribution in [-0.2, 0) is 14.2 Å². The van der Waals surface area contributed by atoms with Gasteiger partial charge in [0.25, 0.3) is 0 Å². The van der Waals surface area contributed by atoms with Crippen LogP contribution in [0.25, 0.3) is 11.2 Å². The Morgan fingerprint density at radius 1 is 1.32 bits per heavy atom. The molecule has 4 N–H and O–H groups in total. The first kappa shape index (κ1) is 13.8. The number of nitrogens with two attached hydrogens (primary N) is 1. The Morgan fingerprint density at radius 3 is 2.86 bits per heavy atom. The fraction of sp³-hybridized carbons (Fsp3) is 0.615. The zero-order valence-corrected chi connectivity index (χ0v) is 12.2. The van der Waals surface area contributed by atoms with E-state index in [9.17, 15) is 5.11 Å². The topological polar surface area (TPSA) is 128 Å². The third-order valence-electron chi connectivity index (χ3n) is 3.88. The van der Waals surface area contributed by atoms with Crippen LogP contribution in [0.4, 0.5) is 5.95 Å². The maximum absolute atomic E-state index is 9.49. The van der Waals surface area contributed by atoms with E-state index in [-0.39, 0.29) is 24.8 Å². The van der Waals surface area contributed by atoms with E-state index in [0.717, 1.165) is 0 Å². The van der Waals surface area contributed by atoms with Crippen molar-refractivity contribution in [2.24, 2.45) is 0 Å². The number of anilines is 1. The predicted molar refractivity (Wildman–Crippen MR) is 74.6 cm³/mol. The van der Waals surface area contributed by atoms with E-state index < -0.39 is 18.0 Å². The van der Waals surface area contributed by atoms with Crippen molar-refractivity contribution in [3.63, 3.8) is 0 Å². The molecule has 4 rings (SSSR count). The van der Waals surface area contributed by atoms with E-state index in [1.54, 1.807) is 6.20 Å². The summed E-state index contributed by atoms with van der Waals surface area (Å²) in [6, 6.07) is 0. The molecule has 118 valence electrons. The number of hydrogen-bond acceptors (Lipinski definition) is 8. The van der Waals surface area contributed by atoms with Gasteiger partial charge in [0.1, 0.15) is 35.8 Å². The standard InChI is InChI=1S/C13H17N5O4/c1-13(2)21-7-6(4-19)20-9(8(7)22-13)11-16-5-3-15-12(14)18-10(5)17-11/h3,6-9,19H,4H2,1-2H3,(H3,14,15,16,17,18)/t6-,7-,8-,9-/m1/s1. The van der Waals surface area contributed by atoms with Crippen molar-refractivity contribution in [1.29, 1.82) is 0 Å². The molecule has 4 atom stereocenters. The second kappa shape index (κ2) is 4.59. The summed E-state index contributed by atoms with van der Waals surface area (Å²) >= 11 is 0. The van der Waals surface area contributed by atoms with Crippen LogP contribution in [0.15, 0.2) is 6.20 Å². The lowest BCUT2D eigenvalue weighted by Crippen LogP contribution is -2.31. The maximum Gasteiger partial charge on any atom is 0.222 e. The van der Waals surface area contributed by atoms with Crippen LogP contribution < -0.4 is 5.73 Å². The van der Waals surface area contributed by atoms with Gasteiger partial charge in [-0.2, -0.15) is 4.98 Å². The van der Waals surface area contributed by atoms with Gasteiger partial charge in [0, 0.05) is 0 Å². The molecular weight excluding hydrogens is 290 g/mol. The fourth-order valence-corrected chi connectivity index (χ4v) is 3.02. The normalized spacial score (nSPS) is 33.4. The summed E-state index contributed by atoms with van der Waals surface area (Å²) in [5, 5.41) is 9.49. The highest BCUT2D eigenvalue weighted by Crippen LogP contribution is 2.44. The summed E-state index contributed by atoms with van der Waals surface area (Å²) in [5.74, 6) is -0.00570. The van der Waals surface area contributed by atoms with Gasteiger partial charge in [-0.3, -0.25) is 0 Å². The number of nitrogen functional groups attached to an aromatic ring is 1. The number of nitrogens with one attached hydrogen (secondary N) is 1. The molecule has 0 unspecified atom stereocenters. The molecule has 9 heteroatoms. The smallest absolute Gasteiger partial charge is 0.222 e. The molecule has 0 aromatic carbocycles. The number of H-pyrrole nitrogens is 1. The molecule has 2 aliphatic rings. The minimum Gasteiger partial charge on any atom is -0.394 e. The van der Waals surface area contributed by atoms with Gasteiger partial charge >= 0.3 is 0 Å². The van der Waals surface area contributed by atoms with Crippen LogP contribution in [0.3, 0.4) is 0 Å². The Balaban J connectivity index is 1.71. The van der Waals surface area contributed by atoms with E-state index >= 15 is 0 Å². The molecule has 9 nitrogen and oxygen atoms in total. The number of aromatic nitrogens is 4. The van der Waals surface area contributed by atoms with E-state index in [1.165, 1.54) is 0 Å². The summed E-state index contributed by atoms with van der Waals surface area (Å²) in [6.07, 6.45) is -0.0482. The largest absolute Gasteiger partial charge is 0.394 e. The summed E-state index contributed by atoms with van der Waals surface area (Å²) in [6.45, 7) is 3.52. The van der Waals surface area contributed by atoms with Gasteiger partial charge in [-0.05, 0) is 13.8 Å². The minimum atomic E-state index is -0.721. The fourth-order valence-electron chi connectivity index (χ4n) is 3.02. The predicted octanol–water partition coefficient (Wildman–Crippen LogP) is -0.113. The molecule has 0 aliphatic carbocycles. The summed E-state index contributed by atoms with van der Waals surface area (Å²) in [5.41, 5.74) is 6.69. The second-order valence-electron chi connectivity index (χ2n) is 5.93. The van der Waals surface area contributed by atoms with Crippen molar-refractivity contribution in [3.8, 4) is 0 Å². The number of aromatic amines is 1. The zero-order chi connectivity index (χ0) is 15.5. The van der Waals surface area contributed by atoms with Gasteiger partial charge in [-0.1, -0.05) is 0 Å². The Hall–Kier alpha value is -1.81. The van der Waals surface area contributed by atoms with Gasteiger partial charge in [-0.25, -0.2) is 9.97 Å². The average Bonchev–Trinajstić information content (AvgIpc) is 3.08. The maximum atomic E-state index is 9.49. The molecule has 0 bridgehead atoms. The number of rotatable bonds is 2. The van der Waals surface area contributed by atoms with Gasteiger partial charge in [0.15, 0.2) is 11.4 Å². The van der Waals surface area contributed by atoms with Gasteiger partial charge in [0.2, 0.25) is 5.95 Å². The zero-order valence-electron chi connectivity index (χ0n) is 12.2. The number of fused-ring (bicyclic) bond motifs is 2. The number of imidazole rings is 1. The van der Waals surface area contributed by atoms with E-state index in [4.69, 9.17) is 19.9 Å². The molecule has 0 spiro atoms. The molecule has 0 radical (unpaired) electrons. The first-order chi connectivity index (χ1) is 10.5. The van der Waals surface area contributed by atoms with Gasteiger partial charge in [-0.15, -0.1) is 0 Å². The average molecular weight is 307 g/mol. The Kier molecular flexibility index (Phi) is 2.89. The number of aliphatic hydroxyl groups is 1. The minimum absolute atomic E-state index is 0.149. The molecule has 2 fully saturated rings. The van der Waals surface area contributed by atoms with Crippen molar-refractivity contribution < 1.29 is 19.3 Å². The van der Waals surface area contributed by atoms with Crippen LogP contribution in [0.5, 0.6) is 0 Å². The summed E-state index contributed by atoms with van der Waals surface area (Å²) in [7, 11) is 0. The Bertz CT molecular complexity index is 718. The molecule has 0 saturated carbocycles. The van der Waals surface area contributed by atoms with Gasteiger partial charge < -0.3 is 30.0 Å². The SMILES string of the molecule is CC1(C)O[C@@H]2[C@H](O1)[C@@H](CO)O[C@H]2c1nc2nc(N)ncc2[nH]1. The van der Waals surface area contributed by atoms with Gasteiger partial charge in [0.05, 0.1) is 12.8 Å². The highest BCUT2D eigenvalue weighted by atomic mass is 16.8. The third kappa shape index (κ3) is 2.05. The number of nitrogens with zero attached hydrogens (tertiary/aromatic N) is 3. The molecule has 2 aromatic heterocycles. The highest BCUT2D eigenvalue weighted by molar-refractivity contribution is 5.70. The Labute approximate surface area is 125 Å². The lowest BCUT2D eigenvalue weighted by molar-refractivity contribution is -0.191. The van der Waals surface area contributed by atoms with Crippen molar-refractivity contribution in [2.45, 2.75) is 44.1 Å². The van der Waals surface area contributed by atoms with Crippen molar-refractivity contribution >= 4 is 17.1 Å². The molecule has 2 saturated heterocycles. The first-order valence-electron chi connectivity index (χ1n) is 7.07. The monoisotopic (exact) mass is 307 g/mol. The summed E-state index contributed by atoms with van der Waals surface area (Å²) < 4.78 is 17.6. The number of ether oxygens (including phenoxy) is 3. The van der Waals surface area contributed by atoms with Crippen LogP contribution in [0, 0.1) is 0 Å². The first-order valence-corrected chi connectivity index (χ1v) is 7.07. The number of aliphatic hydroxyl groups excluding tert-OH is 1. The van der Waals surface area contributed by atoms with Crippen LogP contribution in [0.2, 0.25) is 0 Å². The Morgan fingerprint density at radius 2 is 2.09 bits per heavy atom. The molecule has 0 amide bonds. The van der Waals surface area contributed by atoms with E-state index in [0.29, 0.717) is 17.0 Å². The lowest BCUT2D eigenvalue weighted by Gasteiger charge is -2.22. The summed E-state index contributed by atoms with van der Waals surface area (Å²) in [4.78, 5) is 15.5. The van der Waals surface area contributed by atoms with E-state index in [2.05, 4.69) is 19.9 Å². The van der Waals surface area contributed by atoms with Crippen molar-refractivity contribution in [1.82, 2.24) is 19.9 Å².